The Morgan fingerprint density at radius 2 is 2.20 bits per heavy atom. The SMILES string of the molecule is CCCC1CCC(=O)C(Cc2cc(Cl)ccc2OC)C1. The van der Waals surface area contributed by atoms with Gasteiger partial charge in [-0.05, 0) is 48.9 Å². The number of hydrogen-bond donors (Lipinski definition) is 0. The number of hydrogen-bond acceptors (Lipinski definition) is 2. The summed E-state index contributed by atoms with van der Waals surface area (Å²) in [5.41, 5.74) is 1.05. The summed E-state index contributed by atoms with van der Waals surface area (Å²) in [6.45, 7) is 2.21. The van der Waals surface area contributed by atoms with E-state index in [1.165, 1.54) is 12.8 Å². The Balaban J connectivity index is 2.11. The number of benzene rings is 1. The van der Waals surface area contributed by atoms with Crippen molar-refractivity contribution in [3.05, 3.63) is 28.8 Å². The third-order valence-electron chi connectivity index (χ3n) is 4.28. The van der Waals surface area contributed by atoms with Gasteiger partial charge in [-0.2, -0.15) is 0 Å². The average Bonchev–Trinajstić information content (AvgIpc) is 2.43. The number of ether oxygens (including phenoxy) is 1. The molecule has 1 fully saturated rings. The highest BCUT2D eigenvalue weighted by Gasteiger charge is 2.29. The van der Waals surface area contributed by atoms with E-state index in [4.69, 9.17) is 16.3 Å². The second kappa shape index (κ2) is 7.12. The van der Waals surface area contributed by atoms with Crippen molar-refractivity contribution in [1.82, 2.24) is 0 Å². The van der Waals surface area contributed by atoms with Crippen molar-refractivity contribution in [1.29, 1.82) is 0 Å². The van der Waals surface area contributed by atoms with Crippen molar-refractivity contribution in [2.75, 3.05) is 7.11 Å². The molecule has 0 heterocycles. The molecule has 110 valence electrons. The molecule has 0 amide bonds. The highest BCUT2D eigenvalue weighted by atomic mass is 35.5. The summed E-state index contributed by atoms with van der Waals surface area (Å²) in [4.78, 5) is 12.2. The van der Waals surface area contributed by atoms with Gasteiger partial charge in [-0.25, -0.2) is 0 Å². The molecule has 1 aliphatic rings. The Kier molecular flexibility index (Phi) is 5.47. The number of halogens is 1. The van der Waals surface area contributed by atoms with E-state index in [1.54, 1.807) is 7.11 Å². The van der Waals surface area contributed by atoms with Crippen LogP contribution in [0.1, 0.15) is 44.6 Å². The maximum Gasteiger partial charge on any atom is 0.136 e. The van der Waals surface area contributed by atoms with E-state index < -0.39 is 0 Å². The maximum atomic E-state index is 12.2. The number of ketones is 1. The van der Waals surface area contributed by atoms with E-state index in [9.17, 15) is 4.79 Å². The van der Waals surface area contributed by atoms with Crippen LogP contribution in [0.2, 0.25) is 5.02 Å². The Morgan fingerprint density at radius 3 is 2.90 bits per heavy atom. The quantitative estimate of drug-likeness (QED) is 0.788. The molecule has 0 aromatic heterocycles. The maximum absolute atomic E-state index is 12.2. The summed E-state index contributed by atoms with van der Waals surface area (Å²) in [6, 6.07) is 5.64. The predicted molar refractivity (Wildman–Crippen MR) is 82.5 cm³/mol. The molecule has 0 spiro atoms. The number of Topliss-reactive ketones (excluding diaryl/α,β-unsaturated/α-hetero) is 1. The molecule has 2 nitrogen and oxygen atoms in total. The molecule has 2 atom stereocenters. The minimum atomic E-state index is 0.132. The summed E-state index contributed by atoms with van der Waals surface area (Å²) in [5, 5.41) is 0.703. The van der Waals surface area contributed by atoms with Crippen LogP contribution >= 0.6 is 11.6 Å². The molecule has 2 unspecified atom stereocenters. The lowest BCUT2D eigenvalue weighted by Gasteiger charge is -2.28. The van der Waals surface area contributed by atoms with Gasteiger partial charge in [0.15, 0.2) is 0 Å². The van der Waals surface area contributed by atoms with Crippen LogP contribution in [0.4, 0.5) is 0 Å². The molecule has 1 aliphatic carbocycles. The van der Waals surface area contributed by atoms with E-state index in [2.05, 4.69) is 6.92 Å². The van der Waals surface area contributed by atoms with Gasteiger partial charge >= 0.3 is 0 Å². The number of methoxy groups -OCH3 is 1. The van der Waals surface area contributed by atoms with Gasteiger partial charge in [0.2, 0.25) is 0 Å². The predicted octanol–water partition coefficient (Wildman–Crippen LogP) is 4.68. The van der Waals surface area contributed by atoms with Crippen LogP contribution in [-0.2, 0) is 11.2 Å². The third kappa shape index (κ3) is 3.76. The number of rotatable bonds is 5. The van der Waals surface area contributed by atoms with Crippen LogP contribution in [0.25, 0.3) is 0 Å². The van der Waals surface area contributed by atoms with Crippen molar-refractivity contribution in [3.8, 4) is 5.75 Å². The topological polar surface area (TPSA) is 26.3 Å². The lowest BCUT2D eigenvalue weighted by Crippen LogP contribution is -2.26. The molecule has 1 aromatic carbocycles. The van der Waals surface area contributed by atoms with Crippen molar-refractivity contribution in [2.45, 2.75) is 45.4 Å². The molecule has 0 bridgehead atoms. The smallest absolute Gasteiger partial charge is 0.136 e. The third-order valence-corrected chi connectivity index (χ3v) is 4.51. The first-order valence-corrected chi connectivity index (χ1v) is 7.87. The van der Waals surface area contributed by atoms with Crippen LogP contribution in [0, 0.1) is 11.8 Å². The Bertz CT molecular complexity index is 470. The molecule has 20 heavy (non-hydrogen) atoms. The fraction of sp³-hybridized carbons (Fsp3) is 0.588. The molecule has 0 aliphatic heterocycles. The van der Waals surface area contributed by atoms with E-state index in [1.807, 2.05) is 18.2 Å². The summed E-state index contributed by atoms with van der Waals surface area (Å²) in [5.74, 6) is 2.07. The number of carbonyl (C=O) groups excluding carboxylic acids is 1. The molecule has 1 aromatic rings. The molecule has 2 rings (SSSR count). The summed E-state index contributed by atoms with van der Waals surface area (Å²) >= 11 is 6.07. The lowest BCUT2D eigenvalue weighted by molar-refractivity contribution is -0.125. The van der Waals surface area contributed by atoms with Crippen LogP contribution in [0.5, 0.6) is 5.75 Å². The van der Waals surface area contributed by atoms with Crippen LogP contribution in [0.3, 0.4) is 0 Å². The fourth-order valence-corrected chi connectivity index (χ4v) is 3.44. The van der Waals surface area contributed by atoms with Gasteiger partial charge < -0.3 is 4.74 Å². The van der Waals surface area contributed by atoms with Crippen LogP contribution in [0.15, 0.2) is 18.2 Å². The summed E-state index contributed by atoms with van der Waals surface area (Å²) in [7, 11) is 1.66. The van der Waals surface area contributed by atoms with Gasteiger partial charge in [-0.15, -0.1) is 0 Å². The Morgan fingerprint density at radius 1 is 1.40 bits per heavy atom. The van der Waals surface area contributed by atoms with Crippen molar-refractivity contribution in [2.24, 2.45) is 11.8 Å². The van der Waals surface area contributed by atoms with E-state index >= 15 is 0 Å². The largest absolute Gasteiger partial charge is 0.496 e. The monoisotopic (exact) mass is 294 g/mol. The van der Waals surface area contributed by atoms with Gasteiger partial charge in [0.05, 0.1) is 7.11 Å². The molecule has 0 radical (unpaired) electrons. The second-order valence-corrected chi connectivity index (χ2v) is 6.19. The highest BCUT2D eigenvalue weighted by Crippen LogP contribution is 2.34. The van der Waals surface area contributed by atoms with Crippen LogP contribution in [-0.4, -0.2) is 12.9 Å². The molecule has 1 saturated carbocycles. The van der Waals surface area contributed by atoms with Crippen LogP contribution < -0.4 is 4.74 Å². The van der Waals surface area contributed by atoms with Gasteiger partial charge in [0.1, 0.15) is 11.5 Å². The van der Waals surface area contributed by atoms with Gasteiger partial charge in [-0.1, -0.05) is 31.4 Å². The van der Waals surface area contributed by atoms with Crippen molar-refractivity contribution < 1.29 is 9.53 Å². The summed E-state index contributed by atoms with van der Waals surface area (Å²) in [6.07, 6.45) is 6.00. The molecule has 3 heteroatoms. The van der Waals surface area contributed by atoms with Gasteiger partial charge in [-0.3, -0.25) is 4.79 Å². The van der Waals surface area contributed by atoms with E-state index in [0.717, 1.165) is 37.0 Å². The Hall–Kier alpha value is -1.02. The lowest BCUT2D eigenvalue weighted by atomic mass is 9.76. The highest BCUT2D eigenvalue weighted by molar-refractivity contribution is 6.30. The standard InChI is InChI=1S/C17H23ClO2/c1-3-4-12-5-7-16(19)13(9-12)10-14-11-15(18)6-8-17(14)20-2/h6,8,11-13H,3-5,7,9-10H2,1-2H3. The number of carbonyl (C=O) groups is 1. The van der Waals surface area contributed by atoms with Gasteiger partial charge in [0.25, 0.3) is 0 Å². The molecular formula is C17H23ClO2. The minimum absolute atomic E-state index is 0.132. The first kappa shape index (κ1) is 15.4. The fourth-order valence-electron chi connectivity index (χ4n) is 3.24. The van der Waals surface area contributed by atoms with Crippen molar-refractivity contribution >= 4 is 17.4 Å². The molecule has 0 N–H and O–H groups in total. The minimum Gasteiger partial charge on any atom is -0.496 e. The summed E-state index contributed by atoms with van der Waals surface area (Å²) < 4.78 is 5.38. The van der Waals surface area contributed by atoms with Gasteiger partial charge in [0, 0.05) is 17.4 Å². The van der Waals surface area contributed by atoms with E-state index in [-0.39, 0.29) is 5.92 Å². The Labute approximate surface area is 126 Å². The zero-order chi connectivity index (χ0) is 14.5. The molecular weight excluding hydrogens is 272 g/mol. The van der Waals surface area contributed by atoms with E-state index in [0.29, 0.717) is 16.7 Å². The normalized spacial score (nSPS) is 22.9. The molecule has 0 saturated heterocycles. The zero-order valence-corrected chi connectivity index (χ0v) is 13.1. The zero-order valence-electron chi connectivity index (χ0n) is 12.3. The first-order chi connectivity index (χ1) is 9.63. The van der Waals surface area contributed by atoms with Crippen molar-refractivity contribution in [3.63, 3.8) is 0 Å². The average molecular weight is 295 g/mol. The second-order valence-electron chi connectivity index (χ2n) is 5.75. The first-order valence-electron chi connectivity index (χ1n) is 7.49.